The van der Waals surface area contributed by atoms with E-state index in [9.17, 15) is 0 Å². The van der Waals surface area contributed by atoms with Crippen molar-refractivity contribution in [3.63, 3.8) is 0 Å². The van der Waals surface area contributed by atoms with Crippen LogP contribution >= 0.6 is 0 Å². The SMILES string of the molecule is CC(C)n1cncc1CNC1CCCC1C#N. The van der Waals surface area contributed by atoms with Gasteiger partial charge in [-0.25, -0.2) is 4.98 Å². The summed E-state index contributed by atoms with van der Waals surface area (Å²) in [6.45, 7) is 5.11. The lowest BCUT2D eigenvalue weighted by Crippen LogP contribution is -2.32. The summed E-state index contributed by atoms with van der Waals surface area (Å²) in [5.74, 6) is 0.186. The topological polar surface area (TPSA) is 53.6 Å². The van der Waals surface area contributed by atoms with E-state index in [1.807, 2.05) is 12.5 Å². The molecule has 1 aliphatic rings. The third-order valence-electron chi connectivity index (χ3n) is 3.53. The summed E-state index contributed by atoms with van der Waals surface area (Å²) in [7, 11) is 0. The molecule has 0 radical (unpaired) electrons. The van der Waals surface area contributed by atoms with Crippen molar-refractivity contribution in [3.8, 4) is 6.07 Å². The molecule has 0 bridgehead atoms. The van der Waals surface area contributed by atoms with Gasteiger partial charge in [0.05, 0.1) is 24.0 Å². The molecule has 0 spiro atoms. The zero-order chi connectivity index (χ0) is 12.3. The van der Waals surface area contributed by atoms with Gasteiger partial charge in [0.25, 0.3) is 0 Å². The Morgan fingerprint density at radius 2 is 2.41 bits per heavy atom. The molecule has 1 fully saturated rings. The monoisotopic (exact) mass is 232 g/mol. The number of nitrogens with zero attached hydrogens (tertiary/aromatic N) is 3. The first kappa shape index (κ1) is 12.1. The molecule has 2 rings (SSSR count). The minimum atomic E-state index is 0.186. The van der Waals surface area contributed by atoms with Crippen molar-refractivity contribution in [2.24, 2.45) is 5.92 Å². The first-order valence-corrected chi connectivity index (χ1v) is 6.36. The van der Waals surface area contributed by atoms with Crippen LogP contribution in [0.5, 0.6) is 0 Å². The molecule has 2 atom stereocenters. The number of hydrogen-bond donors (Lipinski definition) is 1. The van der Waals surface area contributed by atoms with Crippen LogP contribution in [0, 0.1) is 17.2 Å². The van der Waals surface area contributed by atoms with Crippen molar-refractivity contribution in [2.45, 2.75) is 51.7 Å². The summed E-state index contributed by atoms with van der Waals surface area (Å²) in [6, 6.07) is 3.19. The predicted molar refractivity (Wildman–Crippen MR) is 66.2 cm³/mol. The van der Waals surface area contributed by atoms with Crippen molar-refractivity contribution >= 4 is 0 Å². The summed E-state index contributed by atoms with van der Waals surface area (Å²) >= 11 is 0. The summed E-state index contributed by atoms with van der Waals surface area (Å²) in [4.78, 5) is 4.19. The standard InChI is InChI=1S/C13H20N4/c1-10(2)17-9-15-7-12(17)8-16-13-5-3-4-11(13)6-14/h7,9-11,13,16H,3-5,8H2,1-2H3. The summed E-state index contributed by atoms with van der Waals surface area (Å²) in [5.41, 5.74) is 1.20. The summed E-state index contributed by atoms with van der Waals surface area (Å²) in [5, 5.41) is 12.5. The fourth-order valence-electron chi connectivity index (χ4n) is 2.53. The average Bonchev–Trinajstić information content (AvgIpc) is 2.94. The Labute approximate surface area is 103 Å². The van der Waals surface area contributed by atoms with E-state index in [1.54, 1.807) is 0 Å². The fourth-order valence-corrected chi connectivity index (χ4v) is 2.53. The Kier molecular flexibility index (Phi) is 3.80. The fraction of sp³-hybridized carbons (Fsp3) is 0.692. The molecule has 1 saturated carbocycles. The Hall–Kier alpha value is -1.34. The van der Waals surface area contributed by atoms with Gasteiger partial charge in [-0.3, -0.25) is 0 Å². The maximum atomic E-state index is 9.03. The maximum Gasteiger partial charge on any atom is 0.0951 e. The van der Waals surface area contributed by atoms with E-state index in [2.05, 4.69) is 34.8 Å². The second-order valence-electron chi connectivity index (χ2n) is 5.04. The van der Waals surface area contributed by atoms with Gasteiger partial charge in [-0.2, -0.15) is 5.26 Å². The Morgan fingerprint density at radius 3 is 3.12 bits per heavy atom. The van der Waals surface area contributed by atoms with Gasteiger partial charge < -0.3 is 9.88 Å². The van der Waals surface area contributed by atoms with E-state index < -0.39 is 0 Å². The Bertz CT molecular complexity index is 402. The number of aromatic nitrogens is 2. The molecule has 1 N–H and O–H groups in total. The molecule has 1 heterocycles. The average molecular weight is 232 g/mol. The van der Waals surface area contributed by atoms with Gasteiger partial charge >= 0.3 is 0 Å². The van der Waals surface area contributed by atoms with E-state index in [4.69, 9.17) is 5.26 Å². The second kappa shape index (κ2) is 5.33. The van der Waals surface area contributed by atoms with Gasteiger partial charge in [-0.1, -0.05) is 6.42 Å². The van der Waals surface area contributed by atoms with Crippen LogP contribution in [-0.2, 0) is 6.54 Å². The highest BCUT2D eigenvalue weighted by molar-refractivity contribution is 5.02. The van der Waals surface area contributed by atoms with Crippen LogP contribution < -0.4 is 5.32 Å². The normalized spacial score (nSPS) is 24.1. The predicted octanol–water partition coefficient (Wildman–Crippen LogP) is 2.25. The molecule has 17 heavy (non-hydrogen) atoms. The molecule has 4 nitrogen and oxygen atoms in total. The summed E-state index contributed by atoms with van der Waals surface area (Å²) in [6.07, 6.45) is 7.10. The van der Waals surface area contributed by atoms with Crippen LogP contribution in [0.1, 0.15) is 44.8 Å². The second-order valence-corrected chi connectivity index (χ2v) is 5.04. The highest BCUT2D eigenvalue weighted by atomic mass is 15.1. The number of imidazole rings is 1. The van der Waals surface area contributed by atoms with Crippen LogP contribution in [0.4, 0.5) is 0 Å². The molecule has 0 aromatic carbocycles. The molecule has 1 aromatic rings. The third kappa shape index (κ3) is 2.67. The molecule has 1 aliphatic carbocycles. The van der Waals surface area contributed by atoms with Crippen molar-refractivity contribution in [1.82, 2.24) is 14.9 Å². The van der Waals surface area contributed by atoms with Crippen LogP contribution in [-0.4, -0.2) is 15.6 Å². The quantitative estimate of drug-likeness (QED) is 0.866. The molecule has 92 valence electrons. The molecule has 4 heteroatoms. The van der Waals surface area contributed by atoms with Crippen molar-refractivity contribution < 1.29 is 0 Å². The zero-order valence-corrected chi connectivity index (χ0v) is 10.6. The van der Waals surface area contributed by atoms with Crippen LogP contribution in [0.15, 0.2) is 12.5 Å². The van der Waals surface area contributed by atoms with Crippen LogP contribution in [0.25, 0.3) is 0 Å². The number of nitrogens with one attached hydrogen (secondary N) is 1. The molecule has 2 unspecified atom stereocenters. The van der Waals surface area contributed by atoms with E-state index in [0.29, 0.717) is 12.1 Å². The minimum Gasteiger partial charge on any atom is -0.331 e. The van der Waals surface area contributed by atoms with Crippen molar-refractivity contribution in [3.05, 3.63) is 18.2 Å². The number of hydrogen-bond acceptors (Lipinski definition) is 3. The zero-order valence-electron chi connectivity index (χ0n) is 10.6. The highest BCUT2D eigenvalue weighted by Gasteiger charge is 2.26. The largest absolute Gasteiger partial charge is 0.331 e. The van der Waals surface area contributed by atoms with Gasteiger partial charge in [0.1, 0.15) is 0 Å². The first-order chi connectivity index (χ1) is 8.22. The van der Waals surface area contributed by atoms with Gasteiger partial charge in [-0.05, 0) is 26.7 Å². The van der Waals surface area contributed by atoms with E-state index in [0.717, 1.165) is 19.4 Å². The first-order valence-electron chi connectivity index (χ1n) is 6.36. The molecular formula is C13H20N4. The molecule has 0 amide bonds. The molecule has 0 saturated heterocycles. The van der Waals surface area contributed by atoms with Crippen LogP contribution in [0.2, 0.25) is 0 Å². The third-order valence-corrected chi connectivity index (χ3v) is 3.53. The lowest BCUT2D eigenvalue weighted by molar-refractivity contribution is 0.448. The Balaban J connectivity index is 1.94. The lowest BCUT2D eigenvalue weighted by Gasteiger charge is -2.17. The Morgan fingerprint density at radius 1 is 1.59 bits per heavy atom. The van der Waals surface area contributed by atoms with Crippen molar-refractivity contribution in [2.75, 3.05) is 0 Å². The van der Waals surface area contributed by atoms with E-state index >= 15 is 0 Å². The van der Waals surface area contributed by atoms with Gasteiger partial charge in [0, 0.05) is 24.8 Å². The van der Waals surface area contributed by atoms with Crippen molar-refractivity contribution in [1.29, 1.82) is 5.26 Å². The van der Waals surface area contributed by atoms with Gasteiger partial charge in [0.15, 0.2) is 0 Å². The van der Waals surface area contributed by atoms with Crippen LogP contribution in [0.3, 0.4) is 0 Å². The number of rotatable bonds is 4. The lowest BCUT2D eigenvalue weighted by atomic mass is 10.1. The van der Waals surface area contributed by atoms with E-state index in [1.165, 1.54) is 12.1 Å². The smallest absolute Gasteiger partial charge is 0.0951 e. The summed E-state index contributed by atoms with van der Waals surface area (Å²) < 4.78 is 2.17. The number of nitriles is 1. The molecule has 0 aliphatic heterocycles. The van der Waals surface area contributed by atoms with E-state index in [-0.39, 0.29) is 5.92 Å². The minimum absolute atomic E-state index is 0.186. The molecular weight excluding hydrogens is 212 g/mol. The highest BCUT2D eigenvalue weighted by Crippen LogP contribution is 2.25. The van der Waals surface area contributed by atoms with Gasteiger partial charge in [0.2, 0.25) is 0 Å². The van der Waals surface area contributed by atoms with Gasteiger partial charge in [-0.15, -0.1) is 0 Å². The maximum absolute atomic E-state index is 9.03. The molecule has 1 aromatic heterocycles.